The van der Waals surface area contributed by atoms with Gasteiger partial charge in [0, 0.05) is 19.0 Å². The first kappa shape index (κ1) is 21.6. The van der Waals surface area contributed by atoms with Crippen molar-refractivity contribution in [1.82, 2.24) is 20.1 Å². The molecule has 3 heterocycles. The number of hydrogen-bond acceptors (Lipinski definition) is 5. The normalized spacial score (nSPS) is 23.3. The molecule has 0 saturated carbocycles. The van der Waals surface area contributed by atoms with E-state index in [9.17, 15) is 14.4 Å². The topological polar surface area (TPSA) is 82.6 Å². The molecule has 0 unspecified atom stereocenters. The van der Waals surface area contributed by atoms with Crippen molar-refractivity contribution in [3.63, 3.8) is 0 Å². The van der Waals surface area contributed by atoms with E-state index in [0.29, 0.717) is 18.7 Å². The van der Waals surface area contributed by atoms with E-state index in [2.05, 4.69) is 11.4 Å². The van der Waals surface area contributed by atoms with Gasteiger partial charge in [0.15, 0.2) is 0 Å². The van der Waals surface area contributed by atoms with Crippen LogP contribution < -0.4 is 5.32 Å². The van der Waals surface area contributed by atoms with Crippen LogP contribution in [0, 0.1) is 6.92 Å². The molecule has 0 bridgehead atoms. The second-order valence-electron chi connectivity index (χ2n) is 9.01. The van der Waals surface area contributed by atoms with Crippen LogP contribution in [0.2, 0.25) is 0 Å². The van der Waals surface area contributed by atoms with Gasteiger partial charge in [-0.15, -0.1) is 11.3 Å². The molecule has 2 aliphatic heterocycles. The Morgan fingerprint density at radius 1 is 1.18 bits per heavy atom. The molecule has 3 aromatic rings. The van der Waals surface area contributed by atoms with E-state index in [-0.39, 0.29) is 18.4 Å². The Kier molecular flexibility index (Phi) is 5.40. The Labute approximate surface area is 196 Å². The van der Waals surface area contributed by atoms with E-state index in [1.54, 1.807) is 23.2 Å². The lowest BCUT2D eigenvalue weighted by atomic mass is 9.91. The standard InChI is InChI=1S/C25H26N4O3S/c1-16-9-11-18(12-10-16)25(2)23(31)29(24(32)27-25)15-21(30)28-13-5-6-17(14-28)22-26-19-7-3-4-8-20(19)33-22/h3-4,7-12,17H,5-6,13-15H2,1-2H3,(H,27,32)/t17-,25-/m1/s1. The maximum atomic E-state index is 13.2. The Bertz CT molecular complexity index is 1200. The number of rotatable bonds is 4. The third kappa shape index (κ3) is 3.88. The lowest BCUT2D eigenvalue weighted by molar-refractivity contribution is -0.139. The number of urea groups is 1. The van der Waals surface area contributed by atoms with E-state index in [1.807, 2.05) is 49.4 Å². The minimum Gasteiger partial charge on any atom is -0.340 e. The van der Waals surface area contributed by atoms with E-state index >= 15 is 0 Å². The number of hydrogen-bond donors (Lipinski definition) is 1. The molecule has 0 aliphatic carbocycles. The maximum absolute atomic E-state index is 13.2. The lowest BCUT2D eigenvalue weighted by Crippen LogP contribution is -2.47. The summed E-state index contributed by atoms with van der Waals surface area (Å²) in [6.07, 6.45) is 1.84. The Morgan fingerprint density at radius 2 is 1.94 bits per heavy atom. The second kappa shape index (κ2) is 8.26. The Hall–Kier alpha value is -3.26. The molecule has 7 nitrogen and oxygen atoms in total. The van der Waals surface area contributed by atoms with Crippen LogP contribution in [-0.2, 0) is 15.1 Å². The van der Waals surface area contributed by atoms with Crippen molar-refractivity contribution in [2.45, 2.75) is 38.1 Å². The molecule has 33 heavy (non-hydrogen) atoms. The first-order valence-electron chi connectivity index (χ1n) is 11.2. The number of aryl methyl sites for hydroxylation is 1. The number of aromatic nitrogens is 1. The van der Waals surface area contributed by atoms with Crippen LogP contribution in [-0.4, -0.2) is 52.3 Å². The van der Waals surface area contributed by atoms with Gasteiger partial charge in [-0.1, -0.05) is 42.0 Å². The summed E-state index contributed by atoms with van der Waals surface area (Å²) in [7, 11) is 0. The number of para-hydroxylation sites is 1. The lowest BCUT2D eigenvalue weighted by Gasteiger charge is -2.32. The fourth-order valence-corrected chi connectivity index (χ4v) is 5.72. The number of amides is 4. The van der Waals surface area contributed by atoms with Crippen LogP contribution in [0.1, 0.15) is 41.8 Å². The summed E-state index contributed by atoms with van der Waals surface area (Å²) in [5.41, 5.74) is 1.58. The van der Waals surface area contributed by atoms with Crippen LogP contribution in [0.15, 0.2) is 48.5 Å². The second-order valence-corrected chi connectivity index (χ2v) is 10.1. The van der Waals surface area contributed by atoms with Gasteiger partial charge >= 0.3 is 6.03 Å². The number of carbonyl (C=O) groups excluding carboxylic acids is 3. The summed E-state index contributed by atoms with van der Waals surface area (Å²) in [5, 5.41) is 3.82. The van der Waals surface area contributed by atoms with Gasteiger partial charge in [-0.2, -0.15) is 0 Å². The SMILES string of the molecule is Cc1ccc([C@@]2(C)NC(=O)N(CC(=O)N3CCC[C@@H](c4nc5ccccc5s4)C3)C2=O)cc1. The number of thiazole rings is 1. The van der Waals surface area contributed by atoms with Gasteiger partial charge in [-0.3, -0.25) is 14.5 Å². The summed E-state index contributed by atoms with van der Waals surface area (Å²) in [4.78, 5) is 46.6. The predicted octanol–water partition coefficient (Wildman–Crippen LogP) is 3.78. The number of piperidine rings is 1. The van der Waals surface area contributed by atoms with Crippen LogP contribution in [0.4, 0.5) is 4.79 Å². The van der Waals surface area contributed by atoms with Crippen LogP contribution in [0.25, 0.3) is 10.2 Å². The number of nitrogens with zero attached hydrogens (tertiary/aromatic N) is 3. The third-order valence-electron chi connectivity index (χ3n) is 6.63. The predicted molar refractivity (Wildman–Crippen MR) is 127 cm³/mol. The molecular formula is C25H26N4O3S. The van der Waals surface area contributed by atoms with Crippen molar-refractivity contribution in [3.05, 3.63) is 64.7 Å². The van der Waals surface area contributed by atoms with E-state index in [4.69, 9.17) is 4.98 Å². The summed E-state index contributed by atoms with van der Waals surface area (Å²) < 4.78 is 1.14. The van der Waals surface area contributed by atoms with Gasteiger partial charge in [-0.25, -0.2) is 9.78 Å². The molecule has 170 valence electrons. The first-order valence-corrected chi connectivity index (χ1v) is 12.0. The number of carbonyl (C=O) groups is 3. The summed E-state index contributed by atoms with van der Waals surface area (Å²) in [5.74, 6) is -0.442. The van der Waals surface area contributed by atoms with E-state index in [1.165, 1.54) is 0 Å². The van der Waals surface area contributed by atoms with Gasteiger partial charge in [0.2, 0.25) is 5.91 Å². The molecule has 2 saturated heterocycles. The summed E-state index contributed by atoms with van der Waals surface area (Å²) >= 11 is 1.67. The molecule has 0 spiro atoms. The van der Waals surface area contributed by atoms with Gasteiger partial charge < -0.3 is 10.2 Å². The van der Waals surface area contributed by atoms with Gasteiger partial charge in [0.25, 0.3) is 5.91 Å². The van der Waals surface area contributed by atoms with Crippen molar-refractivity contribution in [3.8, 4) is 0 Å². The number of imide groups is 1. The fourth-order valence-electron chi connectivity index (χ4n) is 4.63. The molecule has 0 radical (unpaired) electrons. The number of likely N-dealkylation sites (tertiary alicyclic amines) is 1. The van der Waals surface area contributed by atoms with Crippen LogP contribution in [0.3, 0.4) is 0 Å². The fraction of sp³-hybridized carbons (Fsp3) is 0.360. The van der Waals surface area contributed by atoms with Gasteiger partial charge in [0.1, 0.15) is 12.1 Å². The highest BCUT2D eigenvalue weighted by atomic mass is 32.1. The highest BCUT2D eigenvalue weighted by molar-refractivity contribution is 7.18. The average Bonchev–Trinajstić information content (AvgIpc) is 3.35. The first-order chi connectivity index (χ1) is 15.8. The quantitative estimate of drug-likeness (QED) is 0.598. The number of benzene rings is 2. The average molecular weight is 463 g/mol. The molecule has 1 aromatic heterocycles. The zero-order valence-corrected chi connectivity index (χ0v) is 19.5. The highest BCUT2D eigenvalue weighted by Gasteiger charge is 2.49. The Balaban J connectivity index is 1.29. The van der Waals surface area contributed by atoms with Gasteiger partial charge in [0.05, 0.1) is 15.2 Å². The summed E-state index contributed by atoms with van der Waals surface area (Å²) in [6, 6.07) is 15.0. The minimum atomic E-state index is -1.17. The van der Waals surface area contributed by atoms with E-state index < -0.39 is 17.5 Å². The molecule has 5 rings (SSSR count). The molecule has 1 N–H and O–H groups in total. The molecule has 2 fully saturated rings. The highest BCUT2D eigenvalue weighted by Crippen LogP contribution is 2.33. The van der Waals surface area contributed by atoms with Crippen molar-refractivity contribution in [2.75, 3.05) is 19.6 Å². The van der Waals surface area contributed by atoms with E-state index in [0.717, 1.165) is 38.5 Å². The van der Waals surface area contributed by atoms with Crippen molar-refractivity contribution in [1.29, 1.82) is 0 Å². The van der Waals surface area contributed by atoms with Crippen LogP contribution in [0.5, 0.6) is 0 Å². The molecule has 2 atom stereocenters. The molecule has 4 amide bonds. The molecule has 2 aliphatic rings. The monoisotopic (exact) mass is 462 g/mol. The third-order valence-corrected chi connectivity index (χ3v) is 7.83. The van der Waals surface area contributed by atoms with Crippen molar-refractivity contribution >= 4 is 39.4 Å². The zero-order valence-electron chi connectivity index (χ0n) is 18.7. The molecular weight excluding hydrogens is 436 g/mol. The zero-order chi connectivity index (χ0) is 23.2. The summed E-state index contributed by atoms with van der Waals surface area (Å²) in [6.45, 7) is 4.58. The minimum absolute atomic E-state index is 0.168. The molecule has 8 heteroatoms. The maximum Gasteiger partial charge on any atom is 0.325 e. The molecule has 2 aromatic carbocycles. The van der Waals surface area contributed by atoms with Crippen LogP contribution >= 0.6 is 11.3 Å². The number of nitrogens with one attached hydrogen (secondary N) is 1. The van der Waals surface area contributed by atoms with Crippen molar-refractivity contribution in [2.24, 2.45) is 0 Å². The smallest absolute Gasteiger partial charge is 0.325 e. The Morgan fingerprint density at radius 3 is 2.70 bits per heavy atom. The largest absolute Gasteiger partial charge is 0.340 e. The van der Waals surface area contributed by atoms with Crippen molar-refractivity contribution < 1.29 is 14.4 Å². The van der Waals surface area contributed by atoms with Gasteiger partial charge in [-0.05, 0) is 44.4 Å². The number of fused-ring (bicyclic) bond motifs is 1.